The van der Waals surface area contributed by atoms with Gasteiger partial charge in [-0.2, -0.15) is 0 Å². The van der Waals surface area contributed by atoms with Crippen LogP contribution in [0.3, 0.4) is 0 Å². The number of carbonyl (C=O) groups excluding carboxylic acids is 1. The number of nitrogens with one attached hydrogen (secondary N) is 1. The minimum Gasteiger partial charge on any atom is -0.457 e. The van der Waals surface area contributed by atoms with Gasteiger partial charge in [0.2, 0.25) is 0 Å². The number of hydrogen-bond acceptors (Lipinski definition) is 4. The Labute approximate surface area is 177 Å². The summed E-state index contributed by atoms with van der Waals surface area (Å²) in [7, 11) is 0. The molecule has 3 aromatic carbocycles. The van der Waals surface area contributed by atoms with Crippen LogP contribution in [0.5, 0.6) is 11.5 Å². The van der Waals surface area contributed by atoms with E-state index in [-0.39, 0.29) is 12.0 Å². The molecule has 5 nitrogen and oxygen atoms in total. The number of para-hydroxylation sites is 1. The van der Waals surface area contributed by atoms with E-state index < -0.39 is 0 Å². The zero-order chi connectivity index (χ0) is 20.6. The van der Waals surface area contributed by atoms with E-state index in [4.69, 9.17) is 9.47 Å². The molecule has 1 fully saturated rings. The van der Waals surface area contributed by atoms with Crippen LogP contribution >= 0.6 is 0 Å². The normalized spacial score (nSPS) is 16.7. The highest BCUT2D eigenvalue weighted by Crippen LogP contribution is 2.21. The molecule has 1 amide bonds. The van der Waals surface area contributed by atoms with Crippen LogP contribution in [0.4, 0.5) is 0 Å². The molecular weight excluding hydrogens is 376 g/mol. The Morgan fingerprint density at radius 1 is 0.967 bits per heavy atom. The van der Waals surface area contributed by atoms with Gasteiger partial charge in [0.05, 0.1) is 12.7 Å². The quantitative estimate of drug-likeness (QED) is 0.646. The van der Waals surface area contributed by atoms with Crippen molar-refractivity contribution in [2.75, 3.05) is 26.2 Å². The smallest absolute Gasteiger partial charge is 0.251 e. The van der Waals surface area contributed by atoms with Crippen molar-refractivity contribution in [3.05, 3.63) is 96.1 Å². The van der Waals surface area contributed by atoms with Crippen LogP contribution in [-0.2, 0) is 11.3 Å². The third kappa shape index (κ3) is 5.69. The Balaban J connectivity index is 1.29. The molecule has 3 aromatic rings. The first-order valence-corrected chi connectivity index (χ1v) is 10.3. The van der Waals surface area contributed by atoms with Crippen LogP contribution in [0.1, 0.15) is 15.9 Å². The summed E-state index contributed by atoms with van der Waals surface area (Å²) < 4.78 is 11.7. The second-order valence-electron chi connectivity index (χ2n) is 7.37. The monoisotopic (exact) mass is 402 g/mol. The van der Waals surface area contributed by atoms with Crippen molar-refractivity contribution >= 4 is 5.91 Å². The molecule has 0 radical (unpaired) electrons. The fourth-order valence-corrected chi connectivity index (χ4v) is 3.52. The largest absolute Gasteiger partial charge is 0.457 e. The molecule has 1 aliphatic rings. The molecule has 0 saturated carbocycles. The molecule has 0 bridgehead atoms. The number of benzene rings is 3. The number of rotatable bonds is 7. The van der Waals surface area contributed by atoms with E-state index in [9.17, 15) is 4.79 Å². The standard InChI is InChI=1S/C25H26N2O3/c28-25(21-10-7-13-23(16-21)30-22-11-5-2-6-12-22)26-17-24-19-27(14-15-29-24)18-20-8-3-1-4-9-20/h1-13,16,24H,14-15,17-19H2,(H,26,28)/t24-/m0/s1. The number of hydrogen-bond donors (Lipinski definition) is 1. The van der Waals surface area contributed by atoms with E-state index in [0.29, 0.717) is 24.5 Å². The van der Waals surface area contributed by atoms with Crippen LogP contribution in [-0.4, -0.2) is 43.2 Å². The first-order valence-electron chi connectivity index (χ1n) is 10.3. The van der Waals surface area contributed by atoms with Crippen molar-refractivity contribution in [1.82, 2.24) is 10.2 Å². The zero-order valence-corrected chi connectivity index (χ0v) is 16.9. The van der Waals surface area contributed by atoms with Crippen molar-refractivity contribution in [2.24, 2.45) is 0 Å². The number of nitrogens with zero attached hydrogens (tertiary/aromatic N) is 1. The Bertz CT molecular complexity index is 947. The molecule has 1 aliphatic heterocycles. The van der Waals surface area contributed by atoms with Gasteiger partial charge in [-0.1, -0.05) is 54.6 Å². The van der Waals surface area contributed by atoms with E-state index in [1.807, 2.05) is 48.5 Å². The summed E-state index contributed by atoms with van der Waals surface area (Å²) in [4.78, 5) is 15.0. The lowest BCUT2D eigenvalue weighted by Gasteiger charge is -2.33. The van der Waals surface area contributed by atoms with Gasteiger partial charge in [-0.05, 0) is 35.9 Å². The maximum Gasteiger partial charge on any atom is 0.251 e. The van der Waals surface area contributed by atoms with E-state index in [0.717, 1.165) is 25.4 Å². The van der Waals surface area contributed by atoms with Gasteiger partial charge in [0.25, 0.3) is 5.91 Å². The lowest BCUT2D eigenvalue weighted by Crippen LogP contribution is -2.47. The van der Waals surface area contributed by atoms with Gasteiger partial charge in [0.1, 0.15) is 11.5 Å². The number of morpholine rings is 1. The summed E-state index contributed by atoms with van der Waals surface area (Å²) in [6, 6.07) is 27.2. The molecule has 0 unspecified atom stereocenters. The van der Waals surface area contributed by atoms with Crippen LogP contribution < -0.4 is 10.1 Å². The minimum absolute atomic E-state index is 0.0184. The van der Waals surface area contributed by atoms with Gasteiger partial charge in [-0.3, -0.25) is 9.69 Å². The Morgan fingerprint density at radius 3 is 2.50 bits per heavy atom. The van der Waals surface area contributed by atoms with E-state index in [2.05, 4.69) is 34.5 Å². The highest BCUT2D eigenvalue weighted by atomic mass is 16.5. The Morgan fingerprint density at radius 2 is 1.70 bits per heavy atom. The second-order valence-corrected chi connectivity index (χ2v) is 7.37. The minimum atomic E-state index is -0.128. The van der Waals surface area contributed by atoms with Crippen molar-refractivity contribution < 1.29 is 14.3 Å². The lowest BCUT2D eigenvalue weighted by atomic mass is 10.1. The van der Waals surface area contributed by atoms with Crippen LogP contribution in [0.2, 0.25) is 0 Å². The van der Waals surface area contributed by atoms with Gasteiger partial charge in [-0.25, -0.2) is 0 Å². The molecule has 0 aliphatic carbocycles. The van der Waals surface area contributed by atoms with Gasteiger partial charge < -0.3 is 14.8 Å². The van der Waals surface area contributed by atoms with Gasteiger partial charge in [0, 0.05) is 31.7 Å². The highest BCUT2D eigenvalue weighted by molar-refractivity contribution is 5.94. The van der Waals surface area contributed by atoms with Crippen LogP contribution in [0.25, 0.3) is 0 Å². The third-order valence-electron chi connectivity index (χ3n) is 5.04. The number of amides is 1. The summed E-state index contributed by atoms with van der Waals surface area (Å²) in [6.45, 7) is 3.75. The zero-order valence-electron chi connectivity index (χ0n) is 16.9. The highest BCUT2D eigenvalue weighted by Gasteiger charge is 2.21. The molecule has 0 spiro atoms. The molecule has 154 valence electrons. The molecule has 1 heterocycles. The predicted molar refractivity (Wildman–Crippen MR) is 117 cm³/mol. The van der Waals surface area contributed by atoms with Gasteiger partial charge >= 0.3 is 0 Å². The number of ether oxygens (including phenoxy) is 2. The average Bonchev–Trinajstić information content (AvgIpc) is 2.79. The predicted octanol–water partition coefficient (Wildman–Crippen LogP) is 4.11. The van der Waals surface area contributed by atoms with Gasteiger partial charge in [0.15, 0.2) is 0 Å². The fourth-order valence-electron chi connectivity index (χ4n) is 3.52. The molecule has 5 heteroatoms. The van der Waals surface area contributed by atoms with Crippen LogP contribution in [0, 0.1) is 0 Å². The third-order valence-corrected chi connectivity index (χ3v) is 5.04. The van der Waals surface area contributed by atoms with E-state index in [1.165, 1.54) is 5.56 Å². The van der Waals surface area contributed by atoms with Crippen molar-refractivity contribution in [1.29, 1.82) is 0 Å². The number of carbonyl (C=O) groups is 1. The molecule has 1 N–H and O–H groups in total. The Kier molecular flexibility index (Phi) is 6.75. The molecule has 1 atom stereocenters. The van der Waals surface area contributed by atoms with E-state index in [1.54, 1.807) is 12.1 Å². The molecule has 1 saturated heterocycles. The first-order chi connectivity index (χ1) is 14.8. The topological polar surface area (TPSA) is 50.8 Å². The lowest BCUT2D eigenvalue weighted by molar-refractivity contribution is -0.0292. The van der Waals surface area contributed by atoms with Crippen molar-refractivity contribution in [2.45, 2.75) is 12.6 Å². The summed E-state index contributed by atoms with van der Waals surface area (Å²) in [5, 5.41) is 3.00. The molecule has 4 rings (SSSR count). The molecular formula is C25H26N2O3. The first kappa shape index (κ1) is 20.1. The van der Waals surface area contributed by atoms with E-state index >= 15 is 0 Å². The van der Waals surface area contributed by atoms with Crippen molar-refractivity contribution in [3.63, 3.8) is 0 Å². The summed E-state index contributed by atoms with van der Waals surface area (Å²) >= 11 is 0. The molecule has 30 heavy (non-hydrogen) atoms. The summed E-state index contributed by atoms with van der Waals surface area (Å²) in [5.74, 6) is 1.25. The van der Waals surface area contributed by atoms with Gasteiger partial charge in [-0.15, -0.1) is 0 Å². The molecule has 0 aromatic heterocycles. The maximum absolute atomic E-state index is 12.6. The summed E-state index contributed by atoms with van der Waals surface area (Å²) in [6.07, 6.45) is -0.0184. The second kappa shape index (κ2) is 10.1. The van der Waals surface area contributed by atoms with Crippen LogP contribution in [0.15, 0.2) is 84.9 Å². The maximum atomic E-state index is 12.6. The SMILES string of the molecule is O=C(NC[C@H]1CN(Cc2ccccc2)CCO1)c1cccc(Oc2ccccc2)c1. The average molecular weight is 402 g/mol. The Hall–Kier alpha value is -3.15. The fraction of sp³-hybridized carbons (Fsp3) is 0.240. The van der Waals surface area contributed by atoms with Crippen molar-refractivity contribution in [3.8, 4) is 11.5 Å². The summed E-state index contributed by atoms with van der Waals surface area (Å²) in [5.41, 5.74) is 1.86.